The Kier molecular flexibility index (Phi) is 7.40. The minimum Gasteiger partial charge on any atom is -0.444 e. The number of piperidine rings is 1. The zero-order valence-electron chi connectivity index (χ0n) is 18.4. The Morgan fingerprint density at radius 2 is 2.00 bits per heavy atom. The molecule has 9 nitrogen and oxygen atoms in total. The van der Waals surface area contributed by atoms with Crippen LogP contribution in [-0.2, 0) is 4.74 Å². The largest absolute Gasteiger partial charge is 0.444 e. The Balaban J connectivity index is 1.61. The van der Waals surface area contributed by atoms with E-state index in [1.807, 2.05) is 33.1 Å². The summed E-state index contributed by atoms with van der Waals surface area (Å²) in [6.45, 7) is 8.27. The van der Waals surface area contributed by atoms with Crippen molar-refractivity contribution in [3.63, 3.8) is 0 Å². The van der Waals surface area contributed by atoms with E-state index in [-0.39, 0.29) is 29.3 Å². The average Bonchev–Trinajstić information content (AvgIpc) is 3.12. The van der Waals surface area contributed by atoms with Gasteiger partial charge in [0.1, 0.15) is 5.60 Å². The number of thiazole rings is 1. The number of nitrogens with zero attached hydrogens (tertiary/aromatic N) is 3. The Morgan fingerprint density at radius 1 is 1.31 bits per heavy atom. The van der Waals surface area contributed by atoms with E-state index >= 15 is 0 Å². The van der Waals surface area contributed by atoms with Crippen LogP contribution >= 0.6 is 23.1 Å². The van der Waals surface area contributed by atoms with Gasteiger partial charge in [0.05, 0.1) is 9.82 Å². The molecule has 1 fully saturated rings. The summed E-state index contributed by atoms with van der Waals surface area (Å²) in [6.07, 6.45) is 0.816. The highest BCUT2D eigenvalue weighted by Crippen LogP contribution is 2.36. The molecule has 1 aromatic carbocycles. The summed E-state index contributed by atoms with van der Waals surface area (Å²) in [5.41, 5.74) is 0.398. The predicted molar refractivity (Wildman–Crippen MR) is 122 cm³/mol. The molecule has 0 aliphatic carbocycles. The second-order valence-corrected chi connectivity index (χ2v) is 10.7. The van der Waals surface area contributed by atoms with E-state index in [9.17, 15) is 19.7 Å². The van der Waals surface area contributed by atoms with Gasteiger partial charge in [-0.15, -0.1) is 11.3 Å². The smallest absolute Gasteiger partial charge is 0.410 e. The third-order valence-electron chi connectivity index (χ3n) is 4.69. The van der Waals surface area contributed by atoms with Gasteiger partial charge in [-0.05, 0) is 52.7 Å². The fraction of sp³-hybridized carbons (Fsp3) is 0.476. The van der Waals surface area contributed by atoms with Crippen molar-refractivity contribution < 1.29 is 19.2 Å². The van der Waals surface area contributed by atoms with Crippen LogP contribution in [0.4, 0.5) is 10.5 Å². The molecule has 1 N–H and O–H groups in total. The lowest BCUT2D eigenvalue weighted by Crippen LogP contribution is -2.47. The molecule has 1 aliphatic heterocycles. The maximum Gasteiger partial charge on any atom is 0.410 e. The van der Waals surface area contributed by atoms with Crippen LogP contribution in [0.2, 0.25) is 0 Å². The molecule has 1 aliphatic rings. The number of nitro benzene ring substituents is 1. The van der Waals surface area contributed by atoms with Crippen molar-refractivity contribution in [3.05, 3.63) is 45.0 Å². The Hall–Kier alpha value is -2.66. The summed E-state index contributed by atoms with van der Waals surface area (Å²) < 4.78 is 6.09. The molecule has 0 radical (unpaired) electrons. The maximum atomic E-state index is 12.7. The molecule has 3 rings (SSSR count). The number of aryl methyl sites for hydroxylation is 1. The standard InChI is InChI=1S/C21H26N4O5S2/c1-13-12-31-19(22-13)32-17-6-5-14(11-16(17)25(28)29)18(26)23-15-7-9-24(10-8-15)20(27)30-21(2,3)4/h5-6,11-12,15H,7-10H2,1-4H3,(H,23,26). The molecular weight excluding hydrogens is 452 g/mol. The van der Waals surface area contributed by atoms with Crippen molar-refractivity contribution in [2.45, 2.75) is 61.4 Å². The Labute approximate surface area is 194 Å². The van der Waals surface area contributed by atoms with Crippen molar-refractivity contribution in [2.75, 3.05) is 13.1 Å². The molecule has 0 unspecified atom stereocenters. The molecule has 2 heterocycles. The van der Waals surface area contributed by atoms with Crippen LogP contribution in [0, 0.1) is 17.0 Å². The number of rotatable bonds is 5. The molecule has 2 aromatic rings. The summed E-state index contributed by atoms with van der Waals surface area (Å²) in [4.78, 5) is 42.4. The van der Waals surface area contributed by atoms with E-state index in [0.29, 0.717) is 35.2 Å². The maximum absolute atomic E-state index is 12.7. The molecular formula is C21H26N4O5S2. The molecule has 172 valence electrons. The summed E-state index contributed by atoms with van der Waals surface area (Å²) in [5, 5.41) is 16.4. The van der Waals surface area contributed by atoms with Crippen LogP contribution in [0.15, 0.2) is 32.8 Å². The van der Waals surface area contributed by atoms with E-state index in [2.05, 4.69) is 10.3 Å². The first-order valence-corrected chi connectivity index (χ1v) is 11.9. The second-order valence-electron chi connectivity index (χ2n) is 8.51. The fourth-order valence-corrected chi connectivity index (χ4v) is 5.04. The number of nitro groups is 1. The van der Waals surface area contributed by atoms with Gasteiger partial charge >= 0.3 is 6.09 Å². The molecule has 1 aromatic heterocycles. The minimum atomic E-state index is -0.556. The van der Waals surface area contributed by atoms with Gasteiger partial charge in [-0.25, -0.2) is 9.78 Å². The SMILES string of the molecule is Cc1csc(Sc2ccc(C(=O)NC3CCN(C(=O)OC(C)(C)C)CC3)cc2[N+](=O)[O-])n1. The predicted octanol–water partition coefficient (Wildman–Crippen LogP) is 4.64. The first-order chi connectivity index (χ1) is 15.0. The number of hydrogen-bond donors (Lipinski definition) is 1. The summed E-state index contributed by atoms with van der Waals surface area (Å²) >= 11 is 2.63. The van der Waals surface area contributed by atoms with Crippen molar-refractivity contribution in [1.29, 1.82) is 0 Å². The number of carbonyl (C=O) groups excluding carboxylic acids is 2. The number of hydrogen-bond acceptors (Lipinski definition) is 8. The molecule has 0 saturated carbocycles. The van der Waals surface area contributed by atoms with Gasteiger partial charge in [-0.2, -0.15) is 0 Å². The Morgan fingerprint density at radius 3 is 2.56 bits per heavy atom. The first kappa shape index (κ1) is 24.0. The monoisotopic (exact) mass is 478 g/mol. The number of benzene rings is 1. The van der Waals surface area contributed by atoms with Crippen LogP contribution in [-0.4, -0.2) is 51.5 Å². The van der Waals surface area contributed by atoms with E-state index < -0.39 is 10.5 Å². The molecule has 0 atom stereocenters. The highest BCUT2D eigenvalue weighted by atomic mass is 32.2. The topological polar surface area (TPSA) is 115 Å². The third-order valence-corrected chi connectivity index (χ3v) is 6.82. The summed E-state index contributed by atoms with van der Waals surface area (Å²) in [5.74, 6) is -0.370. The lowest BCUT2D eigenvalue weighted by Gasteiger charge is -2.33. The van der Waals surface area contributed by atoms with Gasteiger partial charge in [-0.1, -0.05) is 11.8 Å². The van der Waals surface area contributed by atoms with Crippen LogP contribution in [0.25, 0.3) is 0 Å². The second kappa shape index (κ2) is 9.86. The quantitative estimate of drug-likeness (QED) is 0.492. The number of ether oxygens (including phenoxy) is 1. The number of aromatic nitrogens is 1. The molecule has 0 spiro atoms. The van der Waals surface area contributed by atoms with Gasteiger partial charge in [0.15, 0.2) is 4.34 Å². The molecule has 11 heteroatoms. The van der Waals surface area contributed by atoms with E-state index in [1.54, 1.807) is 17.0 Å². The first-order valence-electron chi connectivity index (χ1n) is 10.2. The van der Waals surface area contributed by atoms with Gasteiger partial charge < -0.3 is 15.0 Å². The summed E-state index contributed by atoms with van der Waals surface area (Å²) in [7, 11) is 0. The van der Waals surface area contributed by atoms with E-state index in [1.165, 1.54) is 29.2 Å². The summed E-state index contributed by atoms with van der Waals surface area (Å²) in [6, 6.07) is 4.35. The van der Waals surface area contributed by atoms with Crippen molar-refractivity contribution in [2.24, 2.45) is 0 Å². The van der Waals surface area contributed by atoms with Gasteiger partial charge in [0.25, 0.3) is 11.6 Å². The van der Waals surface area contributed by atoms with Crippen LogP contribution in [0.3, 0.4) is 0 Å². The van der Waals surface area contributed by atoms with Crippen LogP contribution < -0.4 is 5.32 Å². The highest BCUT2D eigenvalue weighted by Gasteiger charge is 2.28. The van der Waals surface area contributed by atoms with Gasteiger partial charge in [0.2, 0.25) is 0 Å². The lowest BCUT2D eigenvalue weighted by molar-refractivity contribution is -0.387. The number of nitrogens with one attached hydrogen (secondary N) is 1. The van der Waals surface area contributed by atoms with E-state index in [0.717, 1.165) is 5.69 Å². The number of likely N-dealkylation sites (tertiary alicyclic amines) is 1. The van der Waals surface area contributed by atoms with Crippen LogP contribution in [0.1, 0.15) is 49.7 Å². The highest BCUT2D eigenvalue weighted by molar-refractivity contribution is 8.01. The van der Waals surface area contributed by atoms with Crippen molar-refractivity contribution >= 4 is 40.8 Å². The van der Waals surface area contributed by atoms with Gasteiger partial charge in [0, 0.05) is 41.8 Å². The molecule has 32 heavy (non-hydrogen) atoms. The third kappa shape index (κ3) is 6.42. The van der Waals surface area contributed by atoms with Gasteiger partial charge in [-0.3, -0.25) is 14.9 Å². The van der Waals surface area contributed by atoms with E-state index in [4.69, 9.17) is 4.74 Å². The average molecular weight is 479 g/mol. The molecule has 0 bridgehead atoms. The lowest BCUT2D eigenvalue weighted by atomic mass is 10.0. The fourth-order valence-electron chi connectivity index (χ4n) is 3.16. The minimum absolute atomic E-state index is 0.118. The number of carbonyl (C=O) groups is 2. The molecule has 2 amide bonds. The van der Waals surface area contributed by atoms with Crippen LogP contribution in [0.5, 0.6) is 0 Å². The van der Waals surface area contributed by atoms with Crippen molar-refractivity contribution in [3.8, 4) is 0 Å². The zero-order chi connectivity index (χ0) is 23.5. The molecule has 1 saturated heterocycles. The van der Waals surface area contributed by atoms with Crippen molar-refractivity contribution in [1.82, 2.24) is 15.2 Å². The Bertz CT molecular complexity index is 1010. The zero-order valence-corrected chi connectivity index (χ0v) is 20.0. The number of amides is 2. The normalized spacial score (nSPS) is 14.8.